The van der Waals surface area contributed by atoms with E-state index >= 15 is 0 Å². The second kappa shape index (κ2) is 9.88. The van der Waals surface area contributed by atoms with Gasteiger partial charge >= 0.3 is 12.2 Å². The minimum atomic E-state index is -0.721. The third kappa shape index (κ3) is 6.21. The van der Waals surface area contributed by atoms with Gasteiger partial charge in [-0.25, -0.2) is 24.5 Å². The number of para-hydroxylation sites is 1. The largest absolute Gasteiger partial charge is 0.443 e. The molecule has 10 heteroatoms. The standard InChI is InChI=1S/C27H28N6O4/c1-27(2,3)37-26(35)33(16-20-15-32-14-19(18-9-10-18)11-12-23(32)30-20)24-13-22(28-17-29-24)31-25(34)36-21-7-5-4-6-8-21/h4-8,11-15,17-18H,9-10,16H2,1-3H3,(H,28,29,31,34). The maximum absolute atomic E-state index is 13.2. The number of hydrogen-bond acceptors (Lipinski definition) is 7. The average Bonchev–Trinajstić information content (AvgIpc) is 3.61. The van der Waals surface area contributed by atoms with Crippen molar-refractivity contribution in [1.29, 1.82) is 0 Å². The molecule has 190 valence electrons. The van der Waals surface area contributed by atoms with Crippen LogP contribution in [0.1, 0.15) is 50.8 Å². The molecule has 2 amide bonds. The highest BCUT2D eigenvalue weighted by Gasteiger charge is 2.27. The first-order chi connectivity index (χ1) is 17.7. The van der Waals surface area contributed by atoms with Crippen LogP contribution in [-0.2, 0) is 11.3 Å². The van der Waals surface area contributed by atoms with Gasteiger partial charge < -0.3 is 13.9 Å². The summed E-state index contributed by atoms with van der Waals surface area (Å²) in [5.74, 6) is 1.42. The van der Waals surface area contributed by atoms with Crippen molar-refractivity contribution >= 4 is 29.5 Å². The van der Waals surface area contributed by atoms with Gasteiger partial charge in [-0.2, -0.15) is 0 Å². The summed E-state index contributed by atoms with van der Waals surface area (Å²) < 4.78 is 12.9. The van der Waals surface area contributed by atoms with Crippen LogP contribution in [0.25, 0.3) is 5.65 Å². The van der Waals surface area contributed by atoms with Gasteiger partial charge in [-0.1, -0.05) is 24.3 Å². The van der Waals surface area contributed by atoms with Crippen LogP contribution in [0.3, 0.4) is 0 Å². The van der Waals surface area contributed by atoms with Gasteiger partial charge in [0.25, 0.3) is 0 Å². The van der Waals surface area contributed by atoms with E-state index in [9.17, 15) is 9.59 Å². The summed E-state index contributed by atoms with van der Waals surface area (Å²) in [6, 6.07) is 14.2. The van der Waals surface area contributed by atoms with Crippen LogP contribution in [0.2, 0.25) is 0 Å². The zero-order valence-corrected chi connectivity index (χ0v) is 20.9. The molecule has 3 aromatic heterocycles. The van der Waals surface area contributed by atoms with Crippen molar-refractivity contribution in [2.45, 2.75) is 51.7 Å². The fourth-order valence-corrected chi connectivity index (χ4v) is 3.80. The molecule has 0 bridgehead atoms. The van der Waals surface area contributed by atoms with Gasteiger partial charge in [0.1, 0.15) is 35.0 Å². The molecule has 1 saturated carbocycles. The molecule has 1 aliphatic carbocycles. The Morgan fingerprint density at radius 1 is 1.08 bits per heavy atom. The molecule has 0 unspecified atom stereocenters. The van der Waals surface area contributed by atoms with Crippen molar-refractivity contribution in [3.8, 4) is 5.75 Å². The number of fused-ring (bicyclic) bond motifs is 1. The summed E-state index contributed by atoms with van der Waals surface area (Å²) in [5.41, 5.74) is 2.02. The number of carbonyl (C=O) groups is 2. The lowest BCUT2D eigenvalue weighted by Crippen LogP contribution is -2.37. The number of imidazole rings is 1. The molecular formula is C27H28N6O4. The van der Waals surface area contributed by atoms with Crippen LogP contribution < -0.4 is 15.0 Å². The van der Waals surface area contributed by atoms with Gasteiger partial charge in [-0.15, -0.1) is 0 Å². The van der Waals surface area contributed by atoms with E-state index in [0.717, 1.165) is 5.65 Å². The van der Waals surface area contributed by atoms with E-state index in [1.54, 1.807) is 45.0 Å². The molecule has 0 saturated heterocycles. The number of amides is 2. The number of rotatable bonds is 6. The van der Waals surface area contributed by atoms with Crippen molar-refractivity contribution in [2.75, 3.05) is 10.2 Å². The average molecular weight is 501 g/mol. The number of ether oxygens (including phenoxy) is 2. The topological polar surface area (TPSA) is 111 Å². The van der Waals surface area contributed by atoms with E-state index in [1.165, 1.54) is 35.7 Å². The fourth-order valence-electron chi connectivity index (χ4n) is 3.80. The van der Waals surface area contributed by atoms with Crippen LogP contribution in [-0.4, -0.2) is 37.1 Å². The first-order valence-corrected chi connectivity index (χ1v) is 12.1. The first kappa shape index (κ1) is 24.2. The Morgan fingerprint density at radius 3 is 2.59 bits per heavy atom. The number of pyridine rings is 1. The summed E-state index contributed by atoms with van der Waals surface area (Å²) in [7, 11) is 0. The number of carbonyl (C=O) groups excluding carboxylic acids is 2. The summed E-state index contributed by atoms with van der Waals surface area (Å²) in [5, 5.41) is 2.57. The van der Waals surface area contributed by atoms with Crippen molar-refractivity contribution in [3.05, 3.63) is 78.5 Å². The smallest absolute Gasteiger partial charge is 0.418 e. The lowest BCUT2D eigenvalue weighted by atomic mass is 10.2. The van der Waals surface area contributed by atoms with Gasteiger partial charge in [0.2, 0.25) is 0 Å². The summed E-state index contributed by atoms with van der Waals surface area (Å²) in [6.45, 7) is 5.49. The number of nitrogens with one attached hydrogen (secondary N) is 1. The highest BCUT2D eigenvalue weighted by molar-refractivity contribution is 5.89. The van der Waals surface area contributed by atoms with Crippen LogP contribution >= 0.6 is 0 Å². The molecule has 0 atom stereocenters. The second-order valence-corrected chi connectivity index (χ2v) is 9.89. The molecule has 0 aliphatic heterocycles. The fraction of sp³-hybridized carbons (Fsp3) is 0.296. The molecular weight excluding hydrogens is 472 g/mol. The summed E-state index contributed by atoms with van der Waals surface area (Å²) >= 11 is 0. The molecule has 37 heavy (non-hydrogen) atoms. The lowest BCUT2D eigenvalue weighted by molar-refractivity contribution is 0.0576. The van der Waals surface area contributed by atoms with Gasteiger partial charge in [0.15, 0.2) is 0 Å². The second-order valence-electron chi connectivity index (χ2n) is 9.89. The molecule has 1 N–H and O–H groups in total. The van der Waals surface area contributed by atoms with Gasteiger partial charge in [-0.3, -0.25) is 10.2 Å². The third-order valence-corrected chi connectivity index (χ3v) is 5.62. The number of nitrogens with zero attached hydrogens (tertiary/aromatic N) is 5. The monoisotopic (exact) mass is 500 g/mol. The van der Waals surface area contributed by atoms with Gasteiger partial charge in [-0.05, 0) is 63.3 Å². The van der Waals surface area contributed by atoms with E-state index in [-0.39, 0.29) is 18.2 Å². The van der Waals surface area contributed by atoms with Crippen LogP contribution in [0.4, 0.5) is 21.2 Å². The molecule has 3 heterocycles. The minimum Gasteiger partial charge on any atom is -0.443 e. The molecule has 1 fully saturated rings. The maximum Gasteiger partial charge on any atom is 0.418 e. The predicted molar refractivity (Wildman–Crippen MR) is 138 cm³/mol. The van der Waals surface area contributed by atoms with E-state index in [2.05, 4.69) is 32.5 Å². The van der Waals surface area contributed by atoms with Crippen LogP contribution in [0.5, 0.6) is 5.75 Å². The van der Waals surface area contributed by atoms with E-state index < -0.39 is 17.8 Å². The number of benzene rings is 1. The zero-order valence-electron chi connectivity index (χ0n) is 20.9. The Bertz CT molecular complexity index is 1430. The summed E-state index contributed by atoms with van der Waals surface area (Å²) in [4.78, 5) is 39.9. The Morgan fingerprint density at radius 2 is 1.86 bits per heavy atom. The normalized spacial score (nSPS) is 13.3. The molecule has 0 radical (unpaired) electrons. The molecule has 0 spiro atoms. The third-order valence-electron chi connectivity index (χ3n) is 5.62. The Balaban J connectivity index is 1.38. The maximum atomic E-state index is 13.2. The van der Waals surface area contributed by atoms with E-state index in [1.807, 2.05) is 22.7 Å². The highest BCUT2D eigenvalue weighted by Crippen LogP contribution is 2.39. The highest BCUT2D eigenvalue weighted by atomic mass is 16.6. The Labute approximate surface area is 214 Å². The van der Waals surface area contributed by atoms with E-state index in [4.69, 9.17) is 9.47 Å². The van der Waals surface area contributed by atoms with E-state index in [0.29, 0.717) is 17.4 Å². The molecule has 5 rings (SSSR count). The molecule has 1 aliphatic rings. The van der Waals surface area contributed by atoms with Crippen LogP contribution in [0.15, 0.2) is 67.3 Å². The van der Waals surface area contributed by atoms with Crippen molar-refractivity contribution in [1.82, 2.24) is 19.4 Å². The molecule has 10 nitrogen and oxygen atoms in total. The van der Waals surface area contributed by atoms with Crippen LogP contribution in [0, 0.1) is 0 Å². The molecule has 1 aromatic carbocycles. The lowest BCUT2D eigenvalue weighted by Gasteiger charge is -2.26. The van der Waals surface area contributed by atoms with Gasteiger partial charge in [0.05, 0.1) is 12.2 Å². The number of anilines is 2. The quantitative estimate of drug-likeness (QED) is 0.369. The number of aromatic nitrogens is 4. The van der Waals surface area contributed by atoms with Crippen molar-refractivity contribution in [2.24, 2.45) is 0 Å². The Kier molecular flexibility index (Phi) is 6.47. The van der Waals surface area contributed by atoms with Crippen molar-refractivity contribution < 1.29 is 19.1 Å². The zero-order chi connectivity index (χ0) is 26.0. The van der Waals surface area contributed by atoms with Crippen molar-refractivity contribution in [3.63, 3.8) is 0 Å². The first-order valence-electron chi connectivity index (χ1n) is 12.1. The number of hydrogen-bond donors (Lipinski definition) is 1. The Hall–Kier alpha value is -4.47. The van der Waals surface area contributed by atoms with Gasteiger partial charge in [0, 0.05) is 18.5 Å². The minimum absolute atomic E-state index is 0.111. The predicted octanol–water partition coefficient (Wildman–Crippen LogP) is 5.55. The SMILES string of the molecule is CC(C)(C)OC(=O)N(Cc1cn2cc(C3CC3)ccc2n1)c1cc(NC(=O)Oc2ccccc2)ncn1. The summed E-state index contributed by atoms with van der Waals surface area (Å²) in [6.07, 6.45) is 6.36. The molecule has 4 aromatic rings.